The van der Waals surface area contributed by atoms with Crippen molar-refractivity contribution in [3.05, 3.63) is 24.3 Å². The molecule has 1 N–H and O–H groups in total. The Morgan fingerprint density at radius 1 is 1.22 bits per heavy atom. The molecule has 2 fully saturated rings. The van der Waals surface area contributed by atoms with Crippen LogP contribution in [-0.2, 0) is 0 Å². The van der Waals surface area contributed by atoms with Gasteiger partial charge >= 0.3 is 0 Å². The standard InChI is InChI=1S/C15H22N2O/c1-12(2)18-14-5-3-13(4-6-14)17-8-7-15(11-17)9-16-10-15/h3-6,12,16H,7-11H2,1-2H3. The lowest BCUT2D eigenvalue weighted by Crippen LogP contribution is -2.54. The quantitative estimate of drug-likeness (QED) is 0.885. The van der Waals surface area contributed by atoms with E-state index in [2.05, 4.69) is 48.3 Å². The molecule has 0 amide bonds. The molecule has 0 saturated carbocycles. The first-order valence-corrected chi connectivity index (χ1v) is 6.89. The van der Waals surface area contributed by atoms with Crippen molar-refractivity contribution in [1.29, 1.82) is 0 Å². The molecule has 0 aliphatic carbocycles. The van der Waals surface area contributed by atoms with Gasteiger partial charge in [0.15, 0.2) is 0 Å². The molecule has 3 nitrogen and oxygen atoms in total. The number of nitrogens with zero attached hydrogens (tertiary/aromatic N) is 1. The molecule has 0 radical (unpaired) electrons. The highest BCUT2D eigenvalue weighted by molar-refractivity contribution is 5.50. The van der Waals surface area contributed by atoms with Crippen molar-refractivity contribution in [2.45, 2.75) is 26.4 Å². The van der Waals surface area contributed by atoms with Crippen molar-refractivity contribution >= 4 is 5.69 Å². The molecule has 18 heavy (non-hydrogen) atoms. The fraction of sp³-hybridized carbons (Fsp3) is 0.600. The first-order valence-electron chi connectivity index (χ1n) is 6.89. The summed E-state index contributed by atoms with van der Waals surface area (Å²) in [5, 5.41) is 3.40. The third kappa shape index (κ3) is 2.19. The highest BCUT2D eigenvalue weighted by atomic mass is 16.5. The molecule has 1 spiro atoms. The molecule has 0 atom stereocenters. The molecule has 3 rings (SSSR count). The zero-order valence-electron chi connectivity index (χ0n) is 11.3. The lowest BCUT2D eigenvalue weighted by molar-refractivity contribution is 0.200. The summed E-state index contributed by atoms with van der Waals surface area (Å²) in [5.74, 6) is 0.966. The largest absolute Gasteiger partial charge is 0.491 e. The van der Waals surface area contributed by atoms with Crippen molar-refractivity contribution in [2.24, 2.45) is 5.41 Å². The summed E-state index contributed by atoms with van der Waals surface area (Å²) in [4.78, 5) is 2.50. The van der Waals surface area contributed by atoms with Gasteiger partial charge in [0, 0.05) is 37.3 Å². The topological polar surface area (TPSA) is 24.5 Å². The summed E-state index contributed by atoms with van der Waals surface area (Å²) >= 11 is 0. The molecule has 2 aliphatic heterocycles. The van der Waals surface area contributed by atoms with E-state index in [-0.39, 0.29) is 6.10 Å². The van der Waals surface area contributed by atoms with Crippen LogP contribution < -0.4 is 15.0 Å². The number of rotatable bonds is 3. The van der Waals surface area contributed by atoms with E-state index in [0.29, 0.717) is 5.41 Å². The van der Waals surface area contributed by atoms with Gasteiger partial charge in [0.05, 0.1) is 6.10 Å². The van der Waals surface area contributed by atoms with E-state index in [1.165, 1.54) is 38.3 Å². The van der Waals surface area contributed by atoms with Crippen LogP contribution in [0.25, 0.3) is 0 Å². The summed E-state index contributed by atoms with van der Waals surface area (Å²) < 4.78 is 5.68. The normalized spacial score (nSPS) is 21.4. The van der Waals surface area contributed by atoms with Crippen molar-refractivity contribution < 1.29 is 4.74 Å². The zero-order valence-corrected chi connectivity index (χ0v) is 11.3. The number of hydrogen-bond acceptors (Lipinski definition) is 3. The van der Waals surface area contributed by atoms with E-state index in [1.807, 2.05) is 0 Å². The number of anilines is 1. The summed E-state index contributed by atoms with van der Waals surface area (Å²) in [7, 11) is 0. The second-order valence-corrected chi connectivity index (χ2v) is 5.94. The van der Waals surface area contributed by atoms with Gasteiger partial charge in [-0.05, 0) is 44.5 Å². The summed E-state index contributed by atoms with van der Waals surface area (Å²) in [5.41, 5.74) is 1.89. The molecule has 0 unspecified atom stereocenters. The minimum Gasteiger partial charge on any atom is -0.491 e. The number of nitrogens with one attached hydrogen (secondary N) is 1. The molecule has 1 aromatic carbocycles. The third-order valence-corrected chi connectivity index (χ3v) is 4.01. The fourth-order valence-corrected chi connectivity index (χ4v) is 2.93. The van der Waals surface area contributed by atoms with Crippen LogP contribution in [-0.4, -0.2) is 32.3 Å². The maximum absolute atomic E-state index is 5.68. The van der Waals surface area contributed by atoms with E-state index in [0.717, 1.165) is 5.75 Å². The molecule has 0 bridgehead atoms. The summed E-state index contributed by atoms with van der Waals surface area (Å²) in [6.07, 6.45) is 1.57. The zero-order chi connectivity index (χ0) is 12.6. The van der Waals surface area contributed by atoms with Crippen LogP contribution in [0.4, 0.5) is 5.69 Å². The Labute approximate surface area is 109 Å². The lowest BCUT2D eigenvalue weighted by atomic mass is 9.81. The van der Waals surface area contributed by atoms with Crippen molar-refractivity contribution in [3.63, 3.8) is 0 Å². The highest BCUT2D eigenvalue weighted by Crippen LogP contribution is 2.36. The van der Waals surface area contributed by atoms with Gasteiger partial charge in [0.1, 0.15) is 5.75 Å². The molecule has 2 aliphatic rings. The second-order valence-electron chi connectivity index (χ2n) is 5.94. The first-order chi connectivity index (χ1) is 8.67. The Hall–Kier alpha value is -1.22. The van der Waals surface area contributed by atoms with Crippen molar-refractivity contribution in [3.8, 4) is 5.75 Å². The third-order valence-electron chi connectivity index (χ3n) is 4.01. The van der Waals surface area contributed by atoms with Gasteiger partial charge in [0.2, 0.25) is 0 Å². The molecule has 98 valence electrons. The van der Waals surface area contributed by atoms with Crippen LogP contribution in [0.2, 0.25) is 0 Å². The van der Waals surface area contributed by atoms with Gasteiger partial charge in [-0.15, -0.1) is 0 Å². The van der Waals surface area contributed by atoms with Crippen LogP contribution in [0, 0.1) is 5.41 Å². The molecule has 2 saturated heterocycles. The Balaban J connectivity index is 1.66. The van der Waals surface area contributed by atoms with Gasteiger partial charge in [-0.1, -0.05) is 0 Å². The van der Waals surface area contributed by atoms with Crippen LogP contribution in [0.3, 0.4) is 0 Å². The van der Waals surface area contributed by atoms with Gasteiger partial charge < -0.3 is 15.0 Å². The van der Waals surface area contributed by atoms with Gasteiger partial charge in [-0.2, -0.15) is 0 Å². The van der Waals surface area contributed by atoms with Crippen LogP contribution in [0.15, 0.2) is 24.3 Å². The van der Waals surface area contributed by atoms with Gasteiger partial charge in [-0.25, -0.2) is 0 Å². The van der Waals surface area contributed by atoms with E-state index in [4.69, 9.17) is 4.74 Å². The number of hydrogen-bond donors (Lipinski definition) is 1. The van der Waals surface area contributed by atoms with Crippen LogP contribution in [0.5, 0.6) is 5.75 Å². The Morgan fingerprint density at radius 3 is 2.44 bits per heavy atom. The van der Waals surface area contributed by atoms with Gasteiger partial charge in [0.25, 0.3) is 0 Å². The minimum absolute atomic E-state index is 0.243. The predicted molar refractivity (Wildman–Crippen MR) is 74.3 cm³/mol. The van der Waals surface area contributed by atoms with Crippen LogP contribution >= 0.6 is 0 Å². The SMILES string of the molecule is CC(C)Oc1ccc(N2CCC3(CNC3)C2)cc1. The van der Waals surface area contributed by atoms with E-state index >= 15 is 0 Å². The molecule has 3 heteroatoms. The van der Waals surface area contributed by atoms with Crippen molar-refractivity contribution in [2.75, 3.05) is 31.1 Å². The lowest BCUT2D eigenvalue weighted by Gasteiger charge is -2.39. The molecular formula is C15H22N2O. The number of benzene rings is 1. The van der Waals surface area contributed by atoms with Crippen LogP contribution in [0.1, 0.15) is 20.3 Å². The molecular weight excluding hydrogens is 224 g/mol. The molecule has 2 heterocycles. The smallest absolute Gasteiger partial charge is 0.119 e. The van der Waals surface area contributed by atoms with E-state index in [9.17, 15) is 0 Å². The van der Waals surface area contributed by atoms with E-state index < -0.39 is 0 Å². The average Bonchev–Trinajstić information content (AvgIpc) is 2.74. The predicted octanol–water partition coefficient (Wildman–Crippen LogP) is 2.27. The fourth-order valence-electron chi connectivity index (χ4n) is 2.93. The summed E-state index contributed by atoms with van der Waals surface area (Å²) in [6, 6.07) is 8.53. The molecule has 0 aromatic heterocycles. The monoisotopic (exact) mass is 246 g/mol. The average molecular weight is 246 g/mol. The number of ether oxygens (including phenoxy) is 1. The Morgan fingerprint density at radius 2 is 1.94 bits per heavy atom. The van der Waals surface area contributed by atoms with Gasteiger partial charge in [-0.3, -0.25) is 0 Å². The van der Waals surface area contributed by atoms with Crippen molar-refractivity contribution in [1.82, 2.24) is 5.32 Å². The Bertz CT molecular complexity index is 409. The second kappa shape index (κ2) is 4.47. The first kappa shape index (κ1) is 11.8. The highest BCUT2D eigenvalue weighted by Gasteiger charge is 2.42. The maximum atomic E-state index is 5.68. The maximum Gasteiger partial charge on any atom is 0.119 e. The Kier molecular flexibility index (Phi) is 2.94. The van der Waals surface area contributed by atoms with E-state index in [1.54, 1.807) is 0 Å². The summed E-state index contributed by atoms with van der Waals surface area (Å²) in [6.45, 7) is 8.88. The minimum atomic E-state index is 0.243. The molecule has 1 aromatic rings.